The van der Waals surface area contributed by atoms with E-state index >= 15 is 0 Å². The molecule has 0 spiro atoms. The summed E-state index contributed by atoms with van der Waals surface area (Å²) < 4.78 is 4.25. The van der Waals surface area contributed by atoms with Crippen LogP contribution in [0.25, 0.3) is 11.0 Å². The van der Waals surface area contributed by atoms with Crippen molar-refractivity contribution >= 4 is 27.0 Å². The Kier molecular flexibility index (Phi) is 3.39. The first-order valence-corrected chi connectivity index (χ1v) is 7.04. The number of hydrogen-bond donors (Lipinski definition) is 1. The highest BCUT2D eigenvalue weighted by atomic mass is 79.9. The average Bonchev–Trinajstić information content (AvgIpc) is 2.52. The molecule has 19 heavy (non-hydrogen) atoms. The molecule has 2 aromatic rings. The van der Waals surface area contributed by atoms with Gasteiger partial charge in [-0.05, 0) is 23.1 Å². The summed E-state index contributed by atoms with van der Waals surface area (Å²) in [5, 5.41) is 0. The maximum Gasteiger partial charge on any atom is 0.328 e. The first-order chi connectivity index (χ1) is 8.64. The summed E-state index contributed by atoms with van der Waals surface area (Å²) in [6, 6.07) is 3.88. The molecule has 0 radical (unpaired) electrons. The highest BCUT2D eigenvalue weighted by Gasteiger charge is 2.25. The van der Waals surface area contributed by atoms with Gasteiger partial charge in [0.05, 0.1) is 11.0 Å². The number of nitrogens with two attached hydrogens (primary N) is 1. The van der Waals surface area contributed by atoms with Gasteiger partial charge < -0.3 is 5.73 Å². The highest BCUT2D eigenvalue weighted by Crippen LogP contribution is 2.36. The van der Waals surface area contributed by atoms with E-state index in [1.54, 1.807) is 23.2 Å². The molecule has 2 N–H and O–H groups in total. The summed E-state index contributed by atoms with van der Waals surface area (Å²) in [5.41, 5.74) is 9.12. The second kappa shape index (κ2) is 4.49. The molecule has 0 saturated carbocycles. The van der Waals surface area contributed by atoms with Crippen molar-refractivity contribution in [2.45, 2.75) is 26.8 Å². The van der Waals surface area contributed by atoms with Gasteiger partial charge in [-0.2, -0.15) is 0 Å². The summed E-state index contributed by atoms with van der Waals surface area (Å²) in [6.45, 7) is 6.33. The number of rotatable bonds is 1. The minimum Gasteiger partial charge on any atom is -0.323 e. The van der Waals surface area contributed by atoms with E-state index in [0.717, 1.165) is 21.1 Å². The van der Waals surface area contributed by atoms with Gasteiger partial charge in [0.2, 0.25) is 0 Å². The van der Waals surface area contributed by atoms with Crippen molar-refractivity contribution in [2.75, 3.05) is 0 Å². The van der Waals surface area contributed by atoms with Gasteiger partial charge in [-0.1, -0.05) is 36.7 Å². The van der Waals surface area contributed by atoms with Crippen molar-refractivity contribution in [1.29, 1.82) is 0 Å². The van der Waals surface area contributed by atoms with Gasteiger partial charge in [-0.3, -0.25) is 9.13 Å². The molecular formula is C14H20BrN3O. The van der Waals surface area contributed by atoms with E-state index in [9.17, 15) is 4.79 Å². The zero-order valence-corrected chi connectivity index (χ0v) is 13.6. The van der Waals surface area contributed by atoms with Crippen LogP contribution in [-0.4, -0.2) is 9.13 Å². The molecule has 1 unspecified atom stereocenters. The van der Waals surface area contributed by atoms with Crippen LogP contribution in [0.5, 0.6) is 0 Å². The lowest BCUT2D eigenvalue weighted by Gasteiger charge is -2.28. The maximum absolute atomic E-state index is 12.0. The molecular weight excluding hydrogens is 306 g/mol. The molecule has 0 aliphatic heterocycles. The number of imidazole rings is 1. The summed E-state index contributed by atoms with van der Waals surface area (Å²) in [4.78, 5) is 12.0. The van der Waals surface area contributed by atoms with Crippen molar-refractivity contribution in [3.05, 3.63) is 32.7 Å². The van der Waals surface area contributed by atoms with Crippen LogP contribution in [0.15, 0.2) is 21.4 Å². The Morgan fingerprint density at radius 2 is 1.63 bits per heavy atom. The Bertz CT molecular complexity index is 691. The van der Waals surface area contributed by atoms with Crippen molar-refractivity contribution in [1.82, 2.24) is 9.13 Å². The molecule has 0 aliphatic rings. The molecule has 0 amide bonds. The van der Waals surface area contributed by atoms with Crippen LogP contribution in [0.4, 0.5) is 0 Å². The Labute approximate surface area is 121 Å². The van der Waals surface area contributed by atoms with Crippen LogP contribution in [0.3, 0.4) is 0 Å². The van der Waals surface area contributed by atoms with Gasteiger partial charge >= 0.3 is 5.69 Å². The number of fused-ring (bicyclic) bond motifs is 1. The Morgan fingerprint density at radius 3 is 2.11 bits per heavy atom. The van der Waals surface area contributed by atoms with Crippen LogP contribution < -0.4 is 11.4 Å². The molecule has 0 saturated heterocycles. The fourth-order valence-electron chi connectivity index (χ4n) is 2.24. The summed E-state index contributed by atoms with van der Waals surface area (Å²) in [6.07, 6.45) is 0. The van der Waals surface area contributed by atoms with E-state index in [1.807, 2.05) is 12.1 Å². The summed E-state index contributed by atoms with van der Waals surface area (Å²) in [7, 11) is 3.56. The van der Waals surface area contributed by atoms with Crippen molar-refractivity contribution in [2.24, 2.45) is 25.2 Å². The van der Waals surface area contributed by atoms with Crippen LogP contribution in [0, 0.1) is 5.41 Å². The average molecular weight is 326 g/mol. The molecule has 1 aromatic carbocycles. The van der Waals surface area contributed by atoms with Gasteiger partial charge in [-0.15, -0.1) is 0 Å². The number of aromatic nitrogens is 2. The van der Waals surface area contributed by atoms with Gasteiger partial charge in [0.1, 0.15) is 0 Å². The Morgan fingerprint density at radius 1 is 1.16 bits per heavy atom. The van der Waals surface area contributed by atoms with Gasteiger partial charge in [0.25, 0.3) is 0 Å². The molecule has 2 rings (SSSR count). The molecule has 0 bridgehead atoms. The molecule has 104 valence electrons. The standard InChI is InChI=1S/C14H20BrN3O/c1-14(2,3)12(16)8-6-10-11(7-9(8)15)18(5)13(19)17(10)4/h6-7,12H,16H2,1-5H3. The Hall–Kier alpha value is -1.07. The second-order valence-electron chi connectivity index (χ2n) is 6.11. The van der Waals surface area contributed by atoms with E-state index in [0.29, 0.717) is 0 Å². The molecule has 1 atom stereocenters. The first kappa shape index (κ1) is 14.3. The Balaban J connectivity index is 2.76. The van der Waals surface area contributed by atoms with Crippen LogP contribution in [0.1, 0.15) is 32.4 Å². The molecule has 4 nitrogen and oxygen atoms in total. The normalized spacial score (nSPS) is 14.1. The second-order valence-corrected chi connectivity index (χ2v) is 6.96. The van der Waals surface area contributed by atoms with Crippen LogP contribution in [0.2, 0.25) is 0 Å². The topological polar surface area (TPSA) is 53.0 Å². The SMILES string of the molecule is Cn1c(=O)n(C)c2cc(C(N)C(C)(C)C)c(Br)cc21. The molecule has 5 heteroatoms. The lowest BCUT2D eigenvalue weighted by atomic mass is 9.83. The number of aryl methyl sites for hydroxylation is 2. The van der Waals surface area contributed by atoms with Crippen LogP contribution in [-0.2, 0) is 14.1 Å². The number of halogens is 1. The minimum atomic E-state index is -0.0958. The van der Waals surface area contributed by atoms with Crippen molar-refractivity contribution in [3.63, 3.8) is 0 Å². The third kappa shape index (κ3) is 2.25. The monoisotopic (exact) mass is 325 g/mol. The van der Waals surface area contributed by atoms with Crippen LogP contribution >= 0.6 is 15.9 Å². The smallest absolute Gasteiger partial charge is 0.323 e. The number of nitrogens with zero attached hydrogens (tertiary/aromatic N) is 2. The van der Waals surface area contributed by atoms with E-state index in [-0.39, 0.29) is 17.1 Å². The quantitative estimate of drug-likeness (QED) is 0.876. The fourth-order valence-corrected chi connectivity index (χ4v) is 2.82. The van der Waals surface area contributed by atoms with Gasteiger partial charge in [0.15, 0.2) is 0 Å². The summed E-state index contributed by atoms with van der Waals surface area (Å²) in [5.74, 6) is 0. The predicted molar refractivity (Wildman–Crippen MR) is 82.2 cm³/mol. The number of hydrogen-bond acceptors (Lipinski definition) is 2. The third-order valence-electron chi connectivity index (χ3n) is 3.66. The van der Waals surface area contributed by atoms with Crippen molar-refractivity contribution < 1.29 is 0 Å². The fraction of sp³-hybridized carbons (Fsp3) is 0.500. The molecule has 1 aromatic heterocycles. The van der Waals surface area contributed by atoms with E-state index in [2.05, 4.69) is 36.7 Å². The van der Waals surface area contributed by atoms with E-state index in [4.69, 9.17) is 5.73 Å². The van der Waals surface area contributed by atoms with Crippen molar-refractivity contribution in [3.8, 4) is 0 Å². The largest absolute Gasteiger partial charge is 0.328 e. The minimum absolute atomic E-state index is 0.0246. The number of benzene rings is 1. The third-order valence-corrected chi connectivity index (χ3v) is 4.35. The van der Waals surface area contributed by atoms with E-state index in [1.165, 1.54) is 0 Å². The zero-order valence-electron chi connectivity index (χ0n) is 12.0. The molecule has 0 aliphatic carbocycles. The first-order valence-electron chi connectivity index (χ1n) is 6.25. The lowest BCUT2D eigenvalue weighted by molar-refractivity contribution is 0.326. The van der Waals surface area contributed by atoms with E-state index < -0.39 is 0 Å². The predicted octanol–water partition coefficient (Wildman–Crippen LogP) is 2.69. The lowest BCUT2D eigenvalue weighted by Crippen LogP contribution is -2.26. The van der Waals surface area contributed by atoms with Gasteiger partial charge in [-0.25, -0.2) is 4.79 Å². The highest BCUT2D eigenvalue weighted by molar-refractivity contribution is 9.10. The van der Waals surface area contributed by atoms with Gasteiger partial charge in [0, 0.05) is 24.6 Å². The molecule has 1 heterocycles. The summed E-state index contributed by atoms with van der Waals surface area (Å²) >= 11 is 3.57. The molecule has 0 fully saturated rings. The zero-order chi connectivity index (χ0) is 14.5. The maximum atomic E-state index is 12.0.